The first-order valence-electron chi connectivity index (χ1n) is 10.1. The summed E-state index contributed by atoms with van der Waals surface area (Å²) in [6.45, 7) is 12.2. The van der Waals surface area contributed by atoms with Crippen LogP contribution in [0.2, 0.25) is 0 Å². The number of fused-ring (bicyclic) bond motifs is 3. The number of nitrogens with zero attached hydrogens (tertiary/aromatic N) is 3. The second-order valence-electron chi connectivity index (χ2n) is 8.61. The number of carbonyl (C=O) groups excluding carboxylic acids is 1. The number of anilines is 1. The molecule has 6 heteroatoms. The summed E-state index contributed by atoms with van der Waals surface area (Å²) in [5.41, 5.74) is 0.532. The number of amides is 1. The molecule has 2 aromatic heterocycles. The Morgan fingerprint density at radius 2 is 2.04 bits per heavy atom. The minimum absolute atomic E-state index is 0.0380. The average molecular weight is 387 g/mol. The molecule has 0 saturated carbocycles. The Labute approximate surface area is 165 Å². The van der Waals surface area contributed by atoms with Crippen LogP contribution >= 0.6 is 11.3 Å². The first kappa shape index (κ1) is 18.7. The number of aromatic nitrogens is 1. The van der Waals surface area contributed by atoms with Crippen LogP contribution in [0.4, 0.5) is 5.00 Å². The van der Waals surface area contributed by atoms with Gasteiger partial charge in [-0.1, -0.05) is 0 Å². The van der Waals surface area contributed by atoms with Gasteiger partial charge in [-0.05, 0) is 65.1 Å². The van der Waals surface area contributed by atoms with Gasteiger partial charge in [0.2, 0.25) is 0 Å². The number of rotatable bonds is 5. The van der Waals surface area contributed by atoms with Gasteiger partial charge in [0.1, 0.15) is 5.69 Å². The summed E-state index contributed by atoms with van der Waals surface area (Å²) in [6, 6.07) is 5.28. The third-order valence-electron chi connectivity index (χ3n) is 5.79. The standard InChI is InChI=1S/C21H30N4OS/c1-13(2)25(14(3)4)20-8-16-10-22-18(9-19(16)27-20)21(26)23-17-7-15-5-6-24(11-15)12-17/h8-10,13-15,17H,5-7,11-12H2,1-4H3,(H,23,26)/t15-,17-/m1/s1. The summed E-state index contributed by atoms with van der Waals surface area (Å²) in [7, 11) is 0. The van der Waals surface area contributed by atoms with Gasteiger partial charge in [-0.3, -0.25) is 9.78 Å². The second-order valence-corrected chi connectivity index (χ2v) is 9.67. The van der Waals surface area contributed by atoms with E-state index in [1.165, 1.54) is 24.5 Å². The van der Waals surface area contributed by atoms with Crippen LogP contribution in [0.3, 0.4) is 0 Å². The maximum absolute atomic E-state index is 12.7. The molecule has 0 aromatic carbocycles. The zero-order valence-corrected chi connectivity index (χ0v) is 17.6. The molecule has 2 aliphatic heterocycles. The first-order valence-corrected chi connectivity index (χ1v) is 10.9. The van der Waals surface area contributed by atoms with Gasteiger partial charge in [0.15, 0.2) is 0 Å². The number of thiophene rings is 1. The predicted molar refractivity (Wildman–Crippen MR) is 113 cm³/mol. The van der Waals surface area contributed by atoms with Crippen molar-refractivity contribution in [3.63, 3.8) is 0 Å². The second kappa shape index (κ2) is 7.40. The molecule has 2 saturated heterocycles. The van der Waals surface area contributed by atoms with Crippen molar-refractivity contribution in [3.05, 3.63) is 24.0 Å². The Bertz CT molecular complexity index is 811. The van der Waals surface area contributed by atoms with Gasteiger partial charge >= 0.3 is 0 Å². The van der Waals surface area contributed by atoms with E-state index in [0.29, 0.717) is 17.8 Å². The Morgan fingerprint density at radius 1 is 1.26 bits per heavy atom. The summed E-state index contributed by atoms with van der Waals surface area (Å²) >= 11 is 1.75. The van der Waals surface area contributed by atoms with Crippen molar-refractivity contribution >= 4 is 32.3 Å². The average Bonchev–Trinajstić information content (AvgIpc) is 3.15. The lowest BCUT2D eigenvalue weighted by atomic mass is 9.97. The predicted octanol–water partition coefficient (Wildman–Crippen LogP) is 3.74. The fourth-order valence-corrected chi connectivity index (χ4v) is 6.04. The van der Waals surface area contributed by atoms with Gasteiger partial charge < -0.3 is 15.1 Å². The highest BCUT2D eigenvalue weighted by atomic mass is 32.1. The lowest BCUT2D eigenvalue weighted by Crippen LogP contribution is -2.47. The highest BCUT2D eigenvalue weighted by Gasteiger charge is 2.33. The molecule has 3 atom stereocenters. The minimum Gasteiger partial charge on any atom is -0.359 e. The van der Waals surface area contributed by atoms with E-state index in [9.17, 15) is 4.79 Å². The van der Waals surface area contributed by atoms with Crippen LogP contribution in [0.15, 0.2) is 18.3 Å². The van der Waals surface area contributed by atoms with Gasteiger partial charge in [-0.25, -0.2) is 0 Å². The van der Waals surface area contributed by atoms with Crippen molar-refractivity contribution in [2.75, 3.05) is 24.5 Å². The Morgan fingerprint density at radius 3 is 2.74 bits per heavy atom. The van der Waals surface area contributed by atoms with Gasteiger partial charge in [0.05, 0.1) is 5.00 Å². The minimum atomic E-state index is -0.0380. The summed E-state index contributed by atoms with van der Waals surface area (Å²) in [5, 5.41) is 5.57. The molecule has 2 aliphatic rings. The molecular weight excluding hydrogens is 356 g/mol. The molecule has 2 bridgehead atoms. The van der Waals surface area contributed by atoms with Crippen LogP contribution in [0.5, 0.6) is 0 Å². The van der Waals surface area contributed by atoms with Crippen molar-refractivity contribution in [1.82, 2.24) is 15.2 Å². The summed E-state index contributed by atoms with van der Waals surface area (Å²) in [6.07, 6.45) is 4.22. The van der Waals surface area contributed by atoms with Crippen LogP contribution in [-0.2, 0) is 0 Å². The summed E-state index contributed by atoms with van der Waals surface area (Å²) < 4.78 is 1.13. The van der Waals surface area contributed by atoms with E-state index in [1.807, 2.05) is 12.3 Å². The van der Waals surface area contributed by atoms with Crippen LogP contribution in [0, 0.1) is 5.92 Å². The molecular formula is C21H30N4OS. The highest BCUT2D eigenvalue weighted by molar-refractivity contribution is 7.22. The van der Waals surface area contributed by atoms with E-state index in [1.54, 1.807) is 11.3 Å². The van der Waals surface area contributed by atoms with Crippen molar-refractivity contribution in [1.29, 1.82) is 0 Å². The third-order valence-corrected chi connectivity index (χ3v) is 6.90. The normalized spacial score (nSPS) is 24.7. The van der Waals surface area contributed by atoms with Gasteiger partial charge in [0, 0.05) is 47.5 Å². The van der Waals surface area contributed by atoms with E-state index in [2.05, 4.69) is 53.9 Å². The summed E-state index contributed by atoms with van der Waals surface area (Å²) in [4.78, 5) is 22.1. The highest BCUT2D eigenvalue weighted by Crippen LogP contribution is 2.35. The van der Waals surface area contributed by atoms with Gasteiger partial charge in [-0.15, -0.1) is 11.3 Å². The molecule has 4 heterocycles. The van der Waals surface area contributed by atoms with E-state index >= 15 is 0 Å². The van der Waals surface area contributed by atoms with E-state index < -0.39 is 0 Å². The van der Waals surface area contributed by atoms with Crippen molar-refractivity contribution in [2.45, 2.75) is 58.7 Å². The largest absolute Gasteiger partial charge is 0.359 e. The molecule has 1 amide bonds. The fraction of sp³-hybridized carbons (Fsp3) is 0.619. The zero-order chi connectivity index (χ0) is 19.1. The molecule has 0 spiro atoms. The topological polar surface area (TPSA) is 48.5 Å². The van der Waals surface area contributed by atoms with Crippen LogP contribution in [0.25, 0.3) is 10.1 Å². The quantitative estimate of drug-likeness (QED) is 0.850. The van der Waals surface area contributed by atoms with Crippen molar-refractivity contribution in [2.24, 2.45) is 5.92 Å². The molecule has 5 nitrogen and oxygen atoms in total. The monoisotopic (exact) mass is 386 g/mol. The molecule has 2 aromatic rings. The number of piperidine rings is 1. The number of hydrogen-bond donors (Lipinski definition) is 1. The lowest BCUT2D eigenvalue weighted by Gasteiger charge is -2.31. The van der Waals surface area contributed by atoms with E-state index in [4.69, 9.17) is 0 Å². The van der Waals surface area contributed by atoms with Crippen LogP contribution < -0.4 is 10.2 Å². The molecule has 0 aliphatic carbocycles. The molecule has 146 valence electrons. The Balaban J connectivity index is 1.51. The Hall–Kier alpha value is -1.66. The Kier molecular flexibility index (Phi) is 5.12. The van der Waals surface area contributed by atoms with Gasteiger partial charge in [0.25, 0.3) is 5.91 Å². The smallest absolute Gasteiger partial charge is 0.270 e. The SMILES string of the molecule is CC(C)N(c1cc2cnc(C(=O)N[C@@H]3C[C@H]4CCN(C4)C3)cc2s1)C(C)C. The number of hydrogen-bond acceptors (Lipinski definition) is 5. The molecule has 27 heavy (non-hydrogen) atoms. The molecule has 1 N–H and O–H groups in total. The van der Waals surface area contributed by atoms with Crippen molar-refractivity contribution < 1.29 is 4.79 Å². The molecule has 4 rings (SSSR count). The number of nitrogens with one attached hydrogen (secondary N) is 1. The number of carbonyl (C=O) groups is 1. The molecule has 2 fully saturated rings. The molecule has 1 unspecified atom stereocenters. The maximum atomic E-state index is 12.7. The first-order chi connectivity index (χ1) is 12.9. The zero-order valence-electron chi connectivity index (χ0n) is 16.7. The molecule has 0 radical (unpaired) electrons. The third kappa shape index (κ3) is 3.83. The fourth-order valence-electron chi connectivity index (χ4n) is 4.70. The van der Waals surface area contributed by atoms with Crippen molar-refractivity contribution in [3.8, 4) is 0 Å². The number of pyridine rings is 1. The maximum Gasteiger partial charge on any atom is 0.270 e. The van der Waals surface area contributed by atoms with E-state index in [-0.39, 0.29) is 11.9 Å². The van der Waals surface area contributed by atoms with Gasteiger partial charge in [-0.2, -0.15) is 0 Å². The van der Waals surface area contributed by atoms with Crippen LogP contribution in [-0.4, -0.2) is 53.6 Å². The summed E-state index contributed by atoms with van der Waals surface area (Å²) in [5.74, 6) is 0.710. The van der Waals surface area contributed by atoms with Crippen LogP contribution in [0.1, 0.15) is 51.0 Å². The lowest BCUT2D eigenvalue weighted by molar-refractivity contribution is 0.0904. The van der Waals surface area contributed by atoms with E-state index in [0.717, 1.165) is 29.0 Å².